The van der Waals surface area contributed by atoms with E-state index in [0.29, 0.717) is 22.4 Å². The molecule has 1 heterocycles. The summed E-state index contributed by atoms with van der Waals surface area (Å²) < 4.78 is 4.73. The van der Waals surface area contributed by atoms with E-state index in [0.717, 1.165) is 0 Å². The standard InChI is InChI=1S/C16H13N3O3/c1-10-13(9-17)15(20)19-18-14(10)8-7-11-5-3-4-6-12(11)16(21)22-2/h3-8H,1-2H3,(H,19,20)/b8-7+. The Labute approximate surface area is 126 Å². The molecule has 1 N–H and O–H groups in total. The second kappa shape index (κ2) is 6.50. The van der Waals surface area contributed by atoms with Gasteiger partial charge in [-0.15, -0.1) is 0 Å². The lowest BCUT2D eigenvalue weighted by molar-refractivity contribution is 0.0600. The van der Waals surface area contributed by atoms with Crippen molar-refractivity contribution in [1.29, 1.82) is 5.26 Å². The number of esters is 1. The van der Waals surface area contributed by atoms with Crippen LogP contribution in [0.5, 0.6) is 0 Å². The zero-order valence-corrected chi connectivity index (χ0v) is 12.1. The third kappa shape index (κ3) is 2.94. The van der Waals surface area contributed by atoms with E-state index in [2.05, 4.69) is 10.2 Å². The van der Waals surface area contributed by atoms with Crippen molar-refractivity contribution in [2.45, 2.75) is 6.92 Å². The number of nitrogens with zero attached hydrogens (tertiary/aromatic N) is 2. The number of hydrogen-bond acceptors (Lipinski definition) is 5. The van der Waals surface area contributed by atoms with Crippen molar-refractivity contribution in [3.05, 3.63) is 62.6 Å². The first-order chi connectivity index (χ1) is 10.6. The SMILES string of the molecule is COC(=O)c1ccccc1/C=C/c1n[nH]c(=O)c(C#N)c1C. The van der Waals surface area contributed by atoms with Gasteiger partial charge in [-0.3, -0.25) is 4.79 Å². The summed E-state index contributed by atoms with van der Waals surface area (Å²) in [6.45, 7) is 1.65. The van der Waals surface area contributed by atoms with Gasteiger partial charge >= 0.3 is 5.97 Å². The maximum Gasteiger partial charge on any atom is 0.338 e. The number of nitriles is 1. The minimum Gasteiger partial charge on any atom is -0.465 e. The van der Waals surface area contributed by atoms with Gasteiger partial charge in [-0.25, -0.2) is 9.89 Å². The molecule has 2 rings (SSSR count). The Morgan fingerprint density at radius 1 is 1.36 bits per heavy atom. The molecule has 1 aromatic carbocycles. The van der Waals surface area contributed by atoms with Gasteiger partial charge in [-0.2, -0.15) is 10.4 Å². The largest absolute Gasteiger partial charge is 0.465 e. The summed E-state index contributed by atoms with van der Waals surface area (Å²) in [6, 6.07) is 8.79. The minimum atomic E-state index is -0.521. The number of nitrogens with one attached hydrogen (secondary N) is 1. The minimum absolute atomic E-state index is 0.0240. The Bertz CT molecular complexity index is 844. The maximum atomic E-state index is 11.7. The lowest BCUT2D eigenvalue weighted by Gasteiger charge is -2.04. The summed E-state index contributed by atoms with van der Waals surface area (Å²) in [5.74, 6) is -0.441. The van der Waals surface area contributed by atoms with E-state index in [9.17, 15) is 9.59 Å². The first-order valence-corrected chi connectivity index (χ1v) is 6.43. The Morgan fingerprint density at radius 2 is 2.09 bits per heavy atom. The number of H-pyrrole nitrogens is 1. The van der Waals surface area contributed by atoms with Crippen molar-refractivity contribution < 1.29 is 9.53 Å². The smallest absolute Gasteiger partial charge is 0.338 e. The van der Waals surface area contributed by atoms with Crippen LogP contribution < -0.4 is 5.56 Å². The molecule has 2 aromatic rings. The highest BCUT2D eigenvalue weighted by Gasteiger charge is 2.10. The normalized spacial score (nSPS) is 10.4. The average Bonchev–Trinajstić information content (AvgIpc) is 2.54. The Kier molecular flexibility index (Phi) is 4.49. The van der Waals surface area contributed by atoms with Gasteiger partial charge in [0, 0.05) is 0 Å². The van der Waals surface area contributed by atoms with Gasteiger partial charge in [0.05, 0.1) is 18.4 Å². The number of hydrogen-bond donors (Lipinski definition) is 1. The van der Waals surface area contributed by atoms with E-state index in [1.54, 1.807) is 43.3 Å². The fourth-order valence-electron chi connectivity index (χ4n) is 1.95. The van der Waals surface area contributed by atoms with Crippen LogP contribution in [-0.4, -0.2) is 23.3 Å². The van der Waals surface area contributed by atoms with Crippen molar-refractivity contribution in [1.82, 2.24) is 10.2 Å². The van der Waals surface area contributed by atoms with E-state index < -0.39 is 11.5 Å². The molecule has 0 aliphatic heterocycles. The number of rotatable bonds is 3. The van der Waals surface area contributed by atoms with E-state index >= 15 is 0 Å². The van der Waals surface area contributed by atoms with Crippen LogP contribution in [0.15, 0.2) is 29.1 Å². The maximum absolute atomic E-state index is 11.7. The van der Waals surface area contributed by atoms with E-state index in [-0.39, 0.29) is 5.56 Å². The molecular formula is C16H13N3O3. The van der Waals surface area contributed by atoms with Gasteiger partial charge in [0.25, 0.3) is 5.56 Å². The lowest BCUT2D eigenvalue weighted by atomic mass is 10.1. The number of methoxy groups -OCH3 is 1. The molecule has 1 aromatic heterocycles. The highest BCUT2D eigenvalue weighted by Crippen LogP contribution is 2.15. The topological polar surface area (TPSA) is 95.8 Å². The fraction of sp³-hybridized carbons (Fsp3) is 0.125. The van der Waals surface area contributed by atoms with Crippen molar-refractivity contribution in [2.75, 3.05) is 7.11 Å². The quantitative estimate of drug-likeness (QED) is 0.872. The van der Waals surface area contributed by atoms with E-state index in [1.165, 1.54) is 7.11 Å². The molecule has 6 heteroatoms. The van der Waals surface area contributed by atoms with Crippen molar-refractivity contribution in [2.24, 2.45) is 0 Å². The number of carbonyl (C=O) groups excluding carboxylic acids is 1. The first-order valence-electron chi connectivity index (χ1n) is 6.43. The Balaban J connectivity index is 2.45. The summed E-state index contributed by atoms with van der Waals surface area (Å²) >= 11 is 0. The van der Waals surface area contributed by atoms with Crippen molar-refractivity contribution >= 4 is 18.1 Å². The molecule has 0 saturated carbocycles. The molecule has 0 radical (unpaired) electrons. The van der Waals surface area contributed by atoms with E-state index in [1.807, 2.05) is 6.07 Å². The molecule has 0 spiro atoms. The average molecular weight is 295 g/mol. The molecule has 110 valence electrons. The highest BCUT2D eigenvalue weighted by molar-refractivity contribution is 5.94. The molecule has 22 heavy (non-hydrogen) atoms. The fourth-order valence-corrected chi connectivity index (χ4v) is 1.95. The number of ether oxygens (including phenoxy) is 1. The monoisotopic (exact) mass is 295 g/mol. The van der Waals surface area contributed by atoms with Crippen LogP contribution in [-0.2, 0) is 4.74 Å². The summed E-state index contributed by atoms with van der Waals surface area (Å²) in [5, 5.41) is 15.2. The Morgan fingerprint density at radius 3 is 2.77 bits per heavy atom. The molecule has 0 aliphatic rings. The predicted molar refractivity (Wildman–Crippen MR) is 81.0 cm³/mol. The second-order valence-electron chi connectivity index (χ2n) is 4.46. The number of aromatic amines is 1. The Hall–Kier alpha value is -3.20. The van der Waals surface area contributed by atoms with Crippen LogP contribution in [0.3, 0.4) is 0 Å². The molecule has 6 nitrogen and oxygen atoms in total. The van der Waals surface area contributed by atoms with Crippen molar-refractivity contribution in [3.63, 3.8) is 0 Å². The third-order valence-electron chi connectivity index (χ3n) is 3.16. The molecular weight excluding hydrogens is 282 g/mol. The van der Waals surface area contributed by atoms with Crippen LogP contribution >= 0.6 is 0 Å². The van der Waals surface area contributed by atoms with Gasteiger partial charge in [-0.1, -0.05) is 24.3 Å². The van der Waals surface area contributed by atoms with Gasteiger partial charge in [0.15, 0.2) is 0 Å². The zero-order chi connectivity index (χ0) is 16.1. The van der Waals surface area contributed by atoms with Crippen molar-refractivity contribution in [3.8, 4) is 6.07 Å². The summed E-state index contributed by atoms with van der Waals surface area (Å²) in [5.41, 5.74) is 1.51. The highest BCUT2D eigenvalue weighted by atomic mass is 16.5. The molecule has 0 aliphatic carbocycles. The molecule has 0 fully saturated rings. The summed E-state index contributed by atoms with van der Waals surface area (Å²) in [7, 11) is 1.32. The van der Waals surface area contributed by atoms with Crippen LogP contribution in [0.1, 0.15) is 32.7 Å². The number of benzene rings is 1. The molecule has 0 atom stereocenters. The van der Waals surface area contributed by atoms with Gasteiger partial charge in [0.2, 0.25) is 0 Å². The van der Waals surface area contributed by atoms with E-state index in [4.69, 9.17) is 10.00 Å². The van der Waals surface area contributed by atoms with Gasteiger partial charge in [-0.05, 0) is 30.2 Å². The van der Waals surface area contributed by atoms with Gasteiger partial charge in [0.1, 0.15) is 11.6 Å². The van der Waals surface area contributed by atoms with Crippen LogP contribution in [0.4, 0.5) is 0 Å². The second-order valence-corrected chi connectivity index (χ2v) is 4.46. The summed E-state index contributed by atoms with van der Waals surface area (Å²) in [6.07, 6.45) is 3.31. The number of aromatic nitrogens is 2. The molecule has 0 amide bonds. The van der Waals surface area contributed by atoms with Gasteiger partial charge < -0.3 is 4.74 Å². The zero-order valence-electron chi connectivity index (χ0n) is 12.1. The van der Waals surface area contributed by atoms with Crippen LogP contribution in [0.25, 0.3) is 12.2 Å². The van der Waals surface area contributed by atoms with Crippen LogP contribution in [0, 0.1) is 18.3 Å². The third-order valence-corrected chi connectivity index (χ3v) is 3.16. The molecule has 0 saturated heterocycles. The lowest BCUT2D eigenvalue weighted by Crippen LogP contribution is -2.15. The molecule has 0 bridgehead atoms. The predicted octanol–water partition coefficient (Wildman–Crippen LogP) is 1.91. The summed E-state index contributed by atoms with van der Waals surface area (Å²) in [4.78, 5) is 23.1. The molecule has 0 unspecified atom stereocenters. The first kappa shape index (κ1) is 15.2. The number of carbonyl (C=O) groups is 1. The van der Waals surface area contributed by atoms with Crippen LogP contribution in [0.2, 0.25) is 0 Å².